The van der Waals surface area contributed by atoms with E-state index in [0.29, 0.717) is 16.6 Å². The third-order valence-corrected chi connectivity index (χ3v) is 3.32. The zero-order valence-electron chi connectivity index (χ0n) is 9.21. The Bertz CT molecular complexity index is 419. The zero-order valence-corrected chi connectivity index (χ0v) is 10.8. The van der Waals surface area contributed by atoms with Gasteiger partial charge in [0, 0.05) is 12.2 Å². The van der Waals surface area contributed by atoms with E-state index in [4.69, 9.17) is 4.74 Å². The third-order valence-electron chi connectivity index (χ3n) is 2.68. The van der Waals surface area contributed by atoms with Crippen molar-refractivity contribution in [1.82, 2.24) is 5.32 Å². The number of halogens is 2. The normalized spacial score (nSPS) is 20.0. The van der Waals surface area contributed by atoms with Crippen molar-refractivity contribution in [2.24, 2.45) is 0 Å². The van der Waals surface area contributed by atoms with E-state index in [9.17, 15) is 9.18 Å². The van der Waals surface area contributed by atoms with Crippen LogP contribution in [0.2, 0.25) is 0 Å². The first kappa shape index (κ1) is 12.5. The minimum Gasteiger partial charge on any atom is -0.379 e. The molecule has 1 aliphatic rings. The monoisotopic (exact) mass is 301 g/mol. The highest BCUT2D eigenvalue weighted by Crippen LogP contribution is 2.16. The Kier molecular flexibility index (Phi) is 4.12. The Morgan fingerprint density at radius 1 is 1.53 bits per heavy atom. The Morgan fingerprint density at radius 3 is 3.00 bits per heavy atom. The first-order valence-corrected chi connectivity index (χ1v) is 6.30. The van der Waals surface area contributed by atoms with Crippen molar-refractivity contribution in [3.05, 3.63) is 34.1 Å². The van der Waals surface area contributed by atoms with E-state index in [1.165, 1.54) is 12.1 Å². The first-order chi connectivity index (χ1) is 8.16. The number of carbonyl (C=O) groups excluding carboxylic acids is 1. The van der Waals surface area contributed by atoms with Gasteiger partial charge in [0.1, 0.15) is 5.82 Å². The molecule has 1 aromatic carbocycles. The molecule has 1 N–H and O–H groups in total. The van der Waals surface area contributed by atoms with Crippen LogP contribution in [0.25, 0.3) is 0 Å². The maximum atomic E-state index is 13.3. The summed E-state index contributed by atoms with van der Waals surface area (Å²) in [6, 6.07) is 4.37. The fourth-order valence-electron chi connectivity index (χ4n) is 1.76. The van der Waals surface area contributed by atoms with E-state index < -0.39 is 5.82 Å². The van der Waals surface area contributed by atoms with Crippen molar-refractivity contribution in [3.63, 3.8) is 0 Å². The molecule has 0 aromatic heterocycles. The summed E-state index contributed by atoms with van der Waals surface area (Å²) >= 11 is 3.05. The van der Waals surface area contributed by atoms with Crippen molar-refractivity contribution < 1.29 is 13.9 Å². The second-order valence-electron chi connectivity index (χ2n) is 4.02. The standard InChI is InChI=1S/C12H13BrFNO2/c13-10-4-3-8(6-11(10)14)12(16)15-9-2-1-5-17-7-9/h3-4,6,9H,1-2,5,7H2,(H,15,16). The van der Waals surface area contributed by atoms with Gasteiger partial charge in [0.2, 0.25) is 0 Å². The van der Waals surface area contributed by atoms with Crippen molar-refractivity contribution >= 4 is 21.8 Å². The van der Waals surface area contributed by atoms with Crippen molar-refractivity contribution in [1.29, 1.82) is 0 Å². The molecular formula is C12H13BrFNO2. The lowest BCUT2D eigenvalue weighted by atomic mass is 10.1. The van der Waals surface area contributed by atoms with Gasteiger partial charge < -0.3 is 10.1 Å². The topological polar surface area (TPSA) is 38.3 Å². The lowest BCUT2D eigenvalue weighted by Crippen LogP contribution is -2.40. The summed E-state index contributed by atoms with van der Waals surface area (Å²) in [6.07, 6.45) is 1.85. The molecule has 1 heterocycles. The fourth-order valence-corrected chi connectivity index (χ4v) is 2.01. The third kappa shape index (κ3) is 3.26. The Labute approximate surface area is 107 Å². The summed E-state index contributed by atoms with van der Waals surface area (Å²) in [5, 5.41) is 2.84. The van der Waals surface area contributed by atoms with E-state index in [1.807, 2.05) is 0 Å². The minimum atomic E-state index is -0.433. The van der Waals surface area contributed by atoms with E-state index in [-0.39, 0.29) is 11.9 Å². The molecule has 1 aromatic rings. The summed E-state index contributed by atoms with van der Waals surface area (Å²) in [5.41, 5.74) is 0.330. The smallest absolute Gasteiger partial charge is 0.251 e. The van der Waals surface area contributed by atoms with Crippen LogP contribution in [-0.4, -0.2) is 25.2 Å². The maximum Gasteiger partial charge on any atom is 0.251 e. The lowest BCUT2D eigenvalue weighted by Gasteiger charge is -2.23. The summed E-state index contributed by atoms with van der Waals surface area (Å²) in [5.74, 6) is -0.690. The summed E-state index contributed by atoms with van der Waals surface area (Å²) < 4.78 is 18.9. The van der Waals surface area contributed by atoms with E-state index in [0.717, 1.165) is 19.4 Å². The molecule has 1 unspecified atom stereocenters. The lowest BCUT2D eigenvalue weighted by molar-refractivity contribution is 0.0624. The van der Waals surface area contributed by atoms with E-state index >= 15 is 0 Å². The Morgan fingerprint density at radius 2 is 2.35 bits per heavy atom. The molecule has 1 amide bonds. The maximum absolute atomic E-state index is 13.3. The largest absolute Gasteiger partial charge is 0.379 e. The molecule has 0 spiro atoms. The molecule has 3 nitrogen and oxygen atoms in total. The Hall–Kier alpha value is -0.940. The van der Waals surface area contributed by atoms with Gasteiger partial charge in [-0.2, -0.15) is 0 Å². The van der Waals surface area contributed by atoms with Crippen molar-refractivity contribution in [3.8, 4) is 0 Å². The zero-order chi connectivity index (χ0) is 12.3. The molecule has 17 heavy (non-hydrogen) atoms. The molecule has 5 heteroatoms. The number of rotatable bonds is 2. The number of nitrogens with one attached hydrogen (secondary N) is 1. The quantitative estimate of drug-likeness (QED) is 0.911. The molecule has 0 radical (unpaired) electrons. The van der Waals surface area contributed by atoms with Crippen LogP contribution in [0.1, 0.15) is 23.2 Å². The fraction of sp³-hybridized carbons (Fsp3) is 0.417. The molecule has 0 aliphatic carbocycles. The highest BCUT2D eigenvalue weighted by Gasteiger charge is 2.17. The predicted octanol–water partition coefficient (Wildman–Crippen LogP) is 2.50. The number of benzene rings is 1. The molecule has 1 saturated heterocycles. The van der Waals surface area contributed by atoms with Crippen LogP contribution in [0.4, 0.5) is 4.39 Å². The average Bonchev–Trinajstić information content (AvgIpc) is 2.34. The number of hydrogen-bond donors (Lipinski definition) is 1. The van der Waals surface area contributed by atoms with Gasteiger partial charge in [-0.3, -0.25) is 4.79 Å². The molecule has 92 valence electrons. The summed E-state index contributed by atoms with van der Waals surface area (Å²) in [4.78, 5) is 11.8. The number of carbonyl (C=O) groups is 1. The average molecular weight is 302 g/mol. The highest BCUT2D eigenvalue weighted by molar-refractivity contribution is 9.10. The second kappa shape index (κ2) is 5.60. The van der Waals surface area contributed by atoms with Gasteiger partial charge in [0.15, 0.2) is 0 Å². The molecular weight excluding hydrogens is 289 g/mol. The van der Waals surface area contributed by atoms with Crippen LogP contribution >= 0.6 is 15.9 Å². The van der Waals surface area contributed by atoms with Crippen LogP contribution in [0.5, 0.6) is 0 Å². The van der Waals surface area contributed by atoms with Gasteiger partial charge in [0.25, 0.3) is 5.91 Å². The highest BCUT2D eigenvalue weighted by atomic mass is 79.9. The summed E-state index contributed by atoms with van der Waals surface area (Å²) in [7, 11) is 0. The van der Waals surface area contributed by atoms with Gasteiger partial charge in [0.05, 0.1) is 17.1 Å². The molecule has 1 aliphatic heterocycles. The Balaban J connectivity index is 2.01. The summed E-state index contributed by atoms with van der Waals surface area (Å²) in [6.45, 7) is 1.28. The SMILES string of the molecule is O=C(NC1CCCOC1)c1ccc(Br)c(F)c1. The molecule has 0 saturated carbocycles. The minimum absolute atomic E-state index is 0.0305. The van der Waals surface area contributed by atoms with Gasteiger partial charge in [-0.15, -0.1) is 0 Å². The van der Waals surface area contributed by atoms with Crippen LogP contribution < -0.4 is 5.32 Å². The molecule has 1 atom stereocenters. The molecule has 2 rings (SSSR count). The first-order valence-electron chi connectivity index (χ1n) is 5.50. The second-order valence-corrected chi connectivity index (χ2v) is 4.87. The van der Waals surface area contributed by atoms with E-state index in [2.05, 4.69) is 21.2 Å². The van der Waals surface area contributed by atoms with Gasteiger partial charge in [-0.05, 0) is 47.0 Å². The van der Waals surface area contributed by atoms with Crippen LogP contribution in [0.15, 0.2) is 22.7 Å². The van der Waals surface area contributed by atoms with Crippen LogP contribution in [0.3, 0.4) is 0 Å². The van der Waals surface area contributed by atoms with Gasteiger partial charge >= 0.3 is 0 Å². The van der Waals surface area contributed by atoms with Gasteiger partial charge in [-0.25, -0.2) is 4.39 Å². The van der Waals surface area contributed by atoms with Gasteiger partial charge in [-0.1, -0.05) is 0 Å². The van der Waals surface area contributed by atoms with Crippen molar-refractivity contribution in [2.45, 2.75) is 18.9 Å². The number of amides is 1. The van der Waals surface area contributed by atoms with Crippen LogP contribution in [-0.2, 0) is 4.74 Å². The van der Waals surface area contributed by atoms with Crippen LogP contribution in [0, 0.1) is 5.82 Å². The predicted molar refractivity (Wildman–Crippen MR) is 65.4 cm³/mol. The number of ether oxygens (including phenoxy) is 1. The number of hydrogen-bond acceptors (Lipinski definition) is 2. The van der Waals surface area contributed by atoms with Crippen molar-refractivity contribution in [2.75, 3.05) is 13.2 Å². The molecule has 1 fully saturated rings. The van der Waals surface area contributed by atoms with E-state index in [1.54, 1.807) is 6.07 Å². The molecule has 0 bridgehead atoms.